The van der Waals surface area contributed by atoms with Crippen molar-refractivity contribution in [3.05, 3.63) is 16.3 Å². The van der Waals surface area contributed by atoms with Crippen LogP contribution >= 0.6 is 11.3 Å². The number of nitrogens with one attached hydrogen (secondary N) is 2. The van der Waals surface area contributed by atoms with Crippen LogP contribution in [0.2, 0.25) is 0 Å². The predicted octanol–water partition coefficient (Wildman–Crippen LogP) is 0.982. The fourth-order valence-electron chi connectivity index (χ4n) is 1.17. The maximum absolute atomic E-state index is 10.9. The van der Waals surface area contributed by atoms with Crippen LogP contribution < -0.4 is 15.4 Å². The Kier molecular flexibility index (Phi) is 5.14. The first kappa shape index (κ1) is 12.0. The second kappa shape index (κ2) is 6.42. The van der Waals surface area contributed by atoms with Gasteiger partial charge in [-0.25, -0.2) is 0 Å². The second-order valence-corrected chi connectivity index (χ2v) is 4.01. The Hall–Kier alpha value is -1.07. The van der Waals surface area contributed by atoms with E-state index in [9.17, 15) is 4.79 Å². The summed E-state index contributed by atoms with van der Waals surface area (Å²) in [6, 6.07) is 1.94. The summed E-state index contributed by atoms with van der Waals surface area (Å²) >= 11 is 1.65. The molecule has 0 aromatic carbocycles. The van der Waals surface area contributed by atoms with Crippen LogP contribution in [0.1, 0.15) is 11.3 Å². The van der Waals surface area contributed by atoms with Gasteiger partial charge in [0.2, 0.25) is 5.91 Å². The smallest absolute Gasteiger partial charge is 0.221 e. The molecule has 0 bridgehead atoms. The van der Waals surface area contributed by atoms with Crippen LogP contribution in [0.3, 0.4) is 0 Å². The van der Waals surface area contributed by atoms with Crippen LogP contribution in [0.25, 0.3) is 0 Å². The van der Waals surface area contributed by atoms with E-state index in [0.29, 0.717) is 13.0 Å². The van der Waals surface area contributed by atoms with E-state index in [1.165, 1.54) is 0 Å². The molecule has 1 aromatic heterocycles. The van der Waals surface area contributed by atoms with Crippen LogP contribution in [0.5, 0.6) is 5.75 Å². The zero-order chi connectivity index (χ0) is 11.1. The van der Waals surface area contributed by atoms with Gasteiger partial charge in [-0.2, -0.15) is 0 Å². The Labute approximate surface area is 93.6 Å². The first-order valence-electron chi connectivity index (χ1n) is 4.79. The molecule has 84 valence electrons. The van der Waals surface area contributed by atoms with Gasteiger partial charge in [0.1, 0.15) is 5.75 Å². The molecule has 0 saturated carbocycles. The number of carbonyl (C=O) groups excluding carboxylic acids is 1. The number of carbonyl (C=O) groups is 1. The third kappa shape index (κ3) is 3.89. The molecule has 1 rings (SSSR count). The minimum absolute atomic E-state index is 0.0562. The molecule has 0 aliphatic rings. The molecule has 0 radical (unpaired) electrons. The van der Waals surface area contributed by atoms with E-state index in [4.69, 9.17) is 4.74 Å². The fourth-order valence-corrected chi connectivity index (χ4v) is 1.98. The molecule has 2 N–H and O–H groups in total. The Balaban J connectivity index is 2.23. The van der Waals surface area contributed by atoms with Gasteiger partial charge in [0, 0.05) is 26.6 Å². The van der Waals surface area contributed by atoms with Gasteiger partial charge in [-0.05, 0) is 11.4 Å². The van der Waals surface area contributed by atoms with Crippen molar-refractivity contribution in [3.8, 4) is 5.75 Å². The van der Waals surface area contributed by atoms with E-state index < -0.39 is 0 Å². The summed E-state index contributed by atoms with van der Waals surface area (Å²) < 4.78 is 5.18. The number of hydrogen-bond donors (Lipinski definition) is 2. The van der Waals surface area contributed by atoms with Crippen molar-refractivity contribution in [1.82, 2.24) is 10.6 Å². The summed E-state index contributed by atoms with van der Waals surface area (Å²) in [6.07, 6.45) is 0.504. The average Bonchev–Trinajstić information content (AvgIpc) is 2.71. The quantitative estimate of drug-likeness (QED) is 0.714. The van der Waals surface area contributed by atoms with Gasteiger partial charge in [-0.15, -0.1) is 11.3 Å². The van der Waals surface area contributed by atoms with Crippen molar-refractivity contribution >= 4 is 17.2 Å². The minimum Gasteiger partial charge on any atom is -0.496 e. The summed E-state index contributed by atoms with van der Waals surface area (Å²) in [5.41, 5.74) is 0. The molecule has 0 spiro atoms. The molecule has 0 aliphatic carbocycles. The van der Waals surface area contributed by atoms with Crippen molar-refractivity contribution in [2.24, 2.45) is 0 Å². The first-order valence-corrected chi connectivity index (χ1v) is 5.67. The van der Waals surface area contributed by atoms with Gasteiger partial charge >= 0.3 is 0 Å². The summed E-state index contributed by atoms with van der Waals surface area (Å²) in [7, 11) is 3.31. The zero-order valence-corrected chi connectivity index (χ0v) is 9.82. The molecule has 0 atom stereocenters. The summed E-state index contributed by atoms with van der Waals surface area (Å²) in [5, 5.41) is 7.77. The highest BCUT2D eigenvalue weighted by Gasteiger charge is 2.03. The van der Waals surface area contributed by atoms with E-state index in [0.717, 1.165) is 17.2 Å². The van der Waals surface area contributed by atoms with Gasteiger partial charge < -0.3 is 15.4 Å². The van der Waals surface area contributed by atoms with Gasteiger partial charge in [0.25, 0.3) is 0 Å². The molecular weight excluding hydrogens is 212 g/mol. The summed E-state index contributed by atoms with van der Waals surface area (Å²) in [4.78, 5) is 12.1. The van der Waals surface area contributed by atoms with Crippen molar-refractivity contribution in [3.63, 3.8) is 0 Å². The van der Waals surface area contributed by atoms with Gasteiger partial charge in [-0.1, -0.05) is 0 Å². The molecule has 0 aliphatic heterocycles. The van der Waals surface area contributed by atoms with Crippen molar-refractivity contribution in [2.45, 2.75) is 13.0 Å². The Morgan fingerprint density at radius 3 is 3.07 bits per heavy atom. The summed E-state index contributed by atoms with van der Waals surface area (Å²) in [5.74, 6) is 0.966. The van der Waals surface area contributed by atoms with E-state index in [1.807, 2.05) is 11.4 Å². The Morgan fingerprint density at radius 2 is 2.40 bits per heavy atom. The summed E-state index contributed by atoms with van der Waals surface area (Å²) in [6.45, 7) is 1.43. The number of thiophene rings is 1. The van der Waals surface area contributed by atoms with Gasteiger partial charge in [-0.3, -0.25) is 4.79 Å². The highest BCUT2D eigenvalue weighted by Crippen LogP contribution is 2.23. The zero-order valence-electron chi connectivity index (χ0n) is 9.00. The Morgan fingerprint density at radius 1 is 1.60 bits per heavy atom. The molecule has 5 heteroatoms. The number of methoxy groups -OCH3 is 1. The number of ether oxygens (including phenoxy) is 1. The molecule has 1 aromatic rings. The van der Waals surface area contributed by atoms with Crippen LogP contribution in [-0.4, -0.2) is 26.6 Å². The van der Waals surface area contributed by atoms with Crippen molar-refractivity contribution in [1.29, 1.82) is 0 Å². The van der Waals surface area contributed by atoms with Crippen molar-refractivity contribution in [2.75, 3.05) is 20.7 Å². The molecular formula is C10H16N2O2S. The molecule has 0 fully saturated rings. The maximum atomic E-state index is 10.9. The lowest BCUT2D eigenvalue weighted by molar-refractivity contribution is -0.120. The molecule has 0 unspecified atom stereocenters. The van der Waals surface area contributed by atoms with Gasteiger partial charge in [0.15, 0.2) is 0 Å². The lowest BCUT2D eigenvalue weighted by Crippen LogP contribution is -2.24. The van der Waals surface area contributed by atoms with E-state index in [2.05, 4.69) is 10.6 Å². The van der Waals surface area contributed by atoms with Crippen LogP contribution in [-0.2, 0) is 11.3 Å². The van der Waals surface area contributed by atoms with Gasteiger partial charge in [0.05, 0.1) is 12.0 Å². The third-order valence-electron chi connectivity index (χ3n) is 2.02. The van der Waals surface area contributed by atoms with E-state index >= 15 is 0 Å². The second-order valence-electron chi connectivity index (χ2n) is 3.01. The van der Waals surface area contributed by atoms with Crippen LogP contribution in [0.4, 0.5) is 0 Å². The monoisotopic (exact) mass is 228 g/mol. The molecule has 0 saturated heterocycles. The highest BCUT2D eigenvalue weighted by atomic mass is 32.1. The topological polar surface area (TPSA) is 50.4 Å². The molecule has 15 heavy (non-hydrogen) atoms. The average molecular weight is 228 g/mol. The standard InChI is InChI=1S/C10H16N2O2S/c1-11-10(13)3-5-12-7-9-8(14-2)4-6-15-9/h4,6,12H,3,5,7H2,1-2H3,(H,11,13). The number of rotatable bonds is 6. The lowest BCUT2D eigenvalue weighted by Gasteiger charge is -2.04. The normalized spacial score (nSPS) is 10.0. The van der Waals surface area contributed by atoms with Crippen molar-refractivity contribution < 1.29 is 9.53 Å². The fraction of sp³-hybridized carbons (Fsp3) is 0.500. The lowest BCUT2D eigenvalue weighted by atomic mass is 10.3. The minimum atomic E-state index is 0.0562. The molecule has 4 nitrogen and oxygen atoms in total. The third-order valence-corrected chi connectivity index (χ3v) is 2.92. The van der Waals surface area contributed by atoms with E-state index in [1.54, 1.807) is 25.5 Å². The largest absolute Gasteiger partial charge is 0.496 e. The number of hydrogen-bond acceptors (Lipinski definition) is 4. The molecule has 1 amide bonds. The Bertz CT molecular complexity index is 312. The maximum Gasteiger partial charge on any atom is 0.221 e. The van der Waals surface area contributed by atoms with Crippen LogP contribution in [0, 0.1) is 0 Å². The van der Waals surface area contributed by atoms with Crippen LogP contribution in [0.15, 0.2) is 11.4 Å². The molecule has 1 heterocycles. The highest BCUT2D eigenvalue weighted by molar-refractivity contribution is 7.10. The SMILES string of the molecule is CNC(=O)CCNCc1sccc1OC. The number of amides is 1. The predicted molar refractivity (Wildman–Crippen MR) is 61.3 cm³/mol. The van der Waals surface area contributed by atoms with E-state index in [-0.39, 0.29) is 5.91 Å². The first-order chi connectivity index (χ1) is 7.27.